The first-order chi connectivity index (χ1) is 24.7. The third kappa shape index (κ3) is 7.06. The van der Waals surface area contributed by atoms with E-state index in [1.165, 1.54) is 5.57 Å². The topological polar surface area (TPSA) is 61.8 Å². The summed E-state index contributed by atoms with van der Waals surface area (Å²) in [7, 11) is 0. The van der Waals surface area contributed by atoms with Crippen LogP contribution in [0.5, 0.6) is 11.5 Å². The van der Waals surface area contributed by atoms with Gasteiger partial charge in [0, 0.05) is 11.8 Å². The fourth-order valence-corrected chi connectivity index (χ4v) is 10.4. The Kier molecular flexibility index (Phi) is 10.3. The fourth-order valence-electron chi connectivity index (χ4n) is 10.4. The number of ketones is 1. The molecule has 0 bridgehead atoms. The zero-order valence-electron chi connectivity index (χ0n) is 30.9. The lowest BCUT2D eigenvalue weighted by Gasteiger charge is -2.57. The molecule has 0 aromatic heterocycles. The number of aryl methyl sites for hydroxylation is 1. The lowest BCUT2D eigenvalue weighted by Crippen LogP contribution is -2.51. The van der Waals surface area contributed by atoms with Crippen molar-refractivity contribution in [2.24, 2.45) is 28.6 Å². The summed E-state index contributed by atoms with van der Waals surface area (Å²) in [5, 5.41) is 0. The molecule has 3 aromatic rings. The predicted octanol–water partition coefficient (Wildman–Crippen LogP) is 10.9. The first-order valence-corrected chi connectivity index (χ1v) is 19.4. The molecule has 0 unspecified atom stereocenters. The molecular weight excluding hydrogens is 633 g/mol. The van der Waals surface area contributed by atoms with Crippen LogP contribution < -0.4 is 9.47 Å². The monoisotopic (exact) mass is 686 g/mol. The van der Waals surface area contributed by atoms with Crippen LogP contribution in [0.15, 0.2) is 84.4 Å². The molecule has 3 fully saturated rings. The molecule has 5 heteroatoms. The van der Waals surface area contributed by atoms with Crippen molar-refractivity contribution in [2.75, 3.05) is 13.2 Å². The van der Waals surface area contributed by atoms with Crippen LogP contribution in [0.1, 0.15) is 112 Å². The number of hydrogen-bond acceptors (Lipinski definition) is 5. The van der Waals surface area contributed by atoms with E-state index in [0.29, 0.717) is 48.7 Å². The van der Waals surface area contributed by atoms with Gasteiger partial charge in [0.2, 0.25) is 0 Å². The van der Waals surface area contributed by atoms with Gasteiger partial charge >= 0.3 is 5.97 Å². The van der Waals surface area contributed by atoms with Crippen LogP contribution in [0.4, 0.5) is 0 Å². The van der Waals surface area contributed by atoms with Gasteiger partial charge < -0.3 is 14.2 Å². The van der Waals surface area contributed by atoms with Crippen LogP contribution in [0.25, 0.3) is 11.6 Å². The van der Waals surface area contributed by atoms with Crippen LogP contribution in [0, 0.1) is 35.5 Å². The van der Waals surface area contributed by atoms with Crippen LogP contribution >= 0.6 is 0 Å². The summed E-state index contributed by atoms with van der Waals surface area (Å²) >= 11 is 0. The van der Waals surface area contributed by atoms with E-state index in [1.54, 1.807) is 0 Å². The number of carbonyl (C=O) groups is 2. The van der Waals surface area contributed by atoms with Gasteiger partial charge in [0.1, 0.15) is 17.6 Å². The SMILES string of the molecule is CCOc1ccc(OCCC/C(=C/c2ccccc2)c2c(C)cccc2C(=O)O[C@H]2CC[C@H]3[C@@H]4CCC5=CC(=O)CC[C@]5(C)[C@H]4CC[C@]23C)cc1. The Morgan fingerprint density at radius 2 is 1.61 bits per heavy atom. The van der Waals surface area contributed by atoms with Crippen LogP contribution in [0.3, 0.4) is 0 Å². The average Bonchev–Trinajstić information content (AvgIpc) is 3.46. The number of rotatable bonds is 11. The van der Waals surface area contributed by atoms with Crippen molar-refractivity contribution < 1.29 is 23.8 Å². The highest BCUT2D eigenvalue weighted by molar-refractivity contribution is 5.99. The molecule has 5 nitrogen and oxygen atoms in total. The first kappa shape index (κ1) is 35.3. The summed E-state index contributed by atoms with van der Waals surface area (Å²) in [6.07, 6.45) is 13.8. The van der Waals surface area contributed by atoms with Crippen LogP contribution in [0.2, 0.25) is 0 Å². The number of hydrogen-bond donors (Lipinski definition) is 0. The maximum atomic E-state index is 14.4. The number of carbonyl (C=O) groups excluding carboxylic acids is 2. The molecule has 3 aromatic carbocycles. The summed E-state index contributed by atoms with van der Waals surface area (Å²) in [5.74, 6) is 3.55. The normalized spacial score (nSPS) is 28.6. The Balaban J connectivity index is 1.09. The maximum Gasteiger partial charge on any atom is 0.339 e. The molecule has 7 rings (SSSR count). The van der Waals surface area contributed by atoms with E-state index in [4.69, 9.17) is 14.2 Å². The van der Waals surface area contributed by atoms with Crippen molar-refractivity contribution in [1.82, 2.24) is 0 Å². The van der Waals surface area contributed by atoms with E-state index in [-0.39, 0.29) is 22.9 Å². The van der Waals surface area contributed by atoms with Crippen molar-refractivity contribution in [3.05, 3.63) is 107 Å². The number of benzene rings is 3. The summed E-state index contributed by atoms with van der Waals surface area (Å²) in [6, 6.07) is 24.1. The van der Waals surface area contributed by atoms with Crippen LogP contribution in [-0.2, 0) is 9.53 Å². The number of fused-ring (bicyclic) bond motifs is 5. The van der Waals surface area contributed by atoms with Gasteiger partial charge in [-0.05, 0) is 153 Å². The molecule has 0 saturated heterocycles. The molecule has 0 aliphatic heterocycles. The number of esters is 1. The Morgan fingerprint density at radius 3 is 2.37 bits per heavy atom. The molecule has 268 valence electrons. The summed E-state index contributed by atoms with van der Waals surface area (Å²) in [5.41, 5.74) is 6.43. The zero-order chi connectivity index (χ0) is 35.6. The van der Waals surface area contributed by atoms with E-state index in [0.717, 1.165) is 91.5 Å². The third-order valence-electron chi connectivity index (χ3n) is 13.1. The molecule has 0 radical (unpaired) electrons. The minimum atomic E-state index is -0.209. The van der Waals surface area contributed by atoms with Crippen molar-refractivity contribution in [2.45, 2.75) is 98.0 Å². The molecule has 0 amide bonds. The number of allylic oxidation sites excluding steroid dienone is 2. The van der Waals surface area contributed by atoms with E-state index in [2.05, 4.69) is 57.2 Å². The highest BCUT2D eigenvalue weighted by Crippen LogP contribution is 2.65. The van der Waals surface area contributed by atoms with Crippen molar-refractivity contribution in [3.63, 3.8) is 0 Å². The van der Waals surface area contributed by atoms with Gasteiger partial charge in [-0.15, -0.1) is 0 Å². The second-order valence-corrected chi connectivity index (χ2v) is 15.9. The smallest absolute Gasteiger partial charge is 0.339 e. The molecule has 0 heterocycles. The third-order valence-corrected chi connectivity index (χ3v) is 13.1. The quantitative estimate of drug-likeness (QED) is 0.114. The predicted molar refractivity (Wildman–Crippen MR) is 204 cm³/mol. The molecular formula is C46H54O5. The molecule has 6 atom stereocenters. The second kappa shape index (κ2) is 14.9. The van der Waals surface area contributed by atoms with Crippen molar-refractivity contribution in [3.8, 4) is 11.5 Å². The molecule has 0 N–H and O–H groups in total. The number of ether oxygens (including phenoxy) is 3. The average molecular weight is 687 g/mol. The summed E-state index contributed by atoms with van der Waals surface area (Å²) in [6.45, 7) is 10.1. The maximum absolute atomic E-state index is 14.4. The molecule has 3 saturated carbocycles. The standard InChI is InChI=1S/C46H54O5/c1-5-49-36-17-19-37(20-18-36)50-28-10-14-33(29-32-12-7-6-8-13-32)43-31(2)11-9-15-39(43)44(48)51-42-23-22-40-38-21-16-34-30-35(47)24-26-45(34,3)41(38)25-27-46(40,42)4/h6-9,11-13,15,17-20,29-30,38,40-42H,5,10,14,16,21-28H2,1-4H3/b33-29-/t38-,40-,41-,42-,45-,46-/m0/s1. The minimum absolute atomic E-state index is 0.0240. The fraction of sp³-hybridized carbons (Fsp3) is 0.478. The van der Waals surface area contributed by atoms with Gasteiger partial charge in [-0.1, -0.05) is 68.0 Å². The Labute approximate surface area is 304 Å². The minimum Gasteiger partial charge on any atom is -0.494 e. The second-order valence-electron chi connectivity index (χ2n) is 15.9. The van der Waals surface area contributed by atoms with Crippen molar-refractivity contribution >= 4 is 23.4 Å². The van der Waals surface area contributed by atoms with E-state index in [1.807, 2.05) is 55.5 Å². The van der Waals surface area contributed by atoms with E-state index >= 15 is 0 Å². The lowest BCUT2D eigenvalue weighted by atomic mass is 9.47. The van der Waals surface area contributed by atoms with Gasteiger partial charge in [0.05, 0.1) is 18.8 Å². The van der Waals surface area contributed by atoms with Gasteiger partial charge in [0.25, 0.3) is 0 Å². The Hall–Kier alpha value is -4.12. The summed E-state index contributed by atoms with van der Waals surface area (Å²) < 4.78 is 18.3. The van der Waals surface area contributed by atoms with Crippen LogP contribution in [-0.4, -0.2) is 31.1 Å². The Morgan fingerprint density at radius 1 is 0.843 bits per heavy atom. The summed E-state index contributed by atoms with van der Waals surface area (Å²) in [4.78, 5) is 26.7. The van der Waals surface area contributed by atoms with Gasteiger partial charge in [-0.2, -0.15) is 0 Å². The van der Waals surface area contributed by atoms with Gasteiger partial charge in [-0.3, -0.25) is 4.79 Å². The van der Waals surface area contributed by atoms with Crippen molar-refractivity contribution in [1.29, 1.82) is 0 Å². The highest BCUT2D eigenvalue weighted by atomic mass is 16.5. The lowest BCUT2D eigenvalue weighted by molar-refractivity contribution is -0.118. The zero-order valence-corrected chi connectivity index (χ0v) is 30.9. The van der Waals surface area contributed by atoms with Gasteiger partial charge in [-0.25, -0.2) is 4.79 Å². The molecule has 0 spiro atoms. The Bertz CT molecular complexity index is 1790. The molecule has 4 aliphatic rings. The molecule has 4 aliphatic carbocycles. The van der Waals surface area contributed by atoms with Gasteiger partial charge in [0.15, 0.2) is 5.78 Å². The largest absolute Gasteiger partial charge is 0.494 e. The highest BCUT2D eigenvalue weighted by Gasteiger charge is 2.60. The molecule has 51 heavy (non-hydrogen) atoms. The van der Waals surface area contributed by atoms with E-state index < -0.39 is 0 Å². The first-order valence-electron chi connectivity index (χ1n) is 19.4. The van der Waals surface area contributed by atoms with E-state index in [9.17, 15) is 9.59 Å².